The number of benzene rings is 2. The van der Waals surface area contributed by atoms with Gasteiger partial charge in [-0.1, -0.05) is 18.2 Å². The Hall–Kier alpha value is -2.35. The van der Waals surface area contributed by atoms with E-state index in [2.05, 4.69) is 4.90 Å². The number of halogens is 1. The van der Waals surface area contributed by atoms with E-state index in [1.165, 1.54) is 33.8 Å². The van der Waals surface area contributed by atoms with E-state index in [0.29, 0.717) is 25.2 Å². The third-order valence-corrected chi connectivity index (χ3v) is 9.41. The van der Waals surface area contributed by atoms with Crippen molar-refractivity contribution in [2.45, 2.75) is 16.3 Å². The SMILES string of the molecule is Nc1ccc(S(=O)(=O)N2CCN(Cc3ccc(-c4ccccc4F)s3)CC2)cc1S(N)(=O)=O. The van der Waals surface area contributed by atoms with Crippen molar-refractivity contribution in [3.8, 4) is 10.4 Å². The number of rotatable bonds is 6. The number of piperazine rings is 1. The van der Waals surface area contributed by atoms with Crippen molar-refractivity contribution in [1.82, 2.24) is 9.21 Å². The minimum atomic E-state index is -4.15. The fourth-order valence-corrected chi connectivity index (χ4v) is 6.98. The van der Waals surface area contributed by atoms with Crippen molar-refractivity contribution < 1.29 is 21.2 Å². The zero-order valence-corrected chi connectivity index (χ0v) is 20.0. The lowest BCUT2D eigenvalue weighted by atomic mass is 10.2. The second-order valence-corrected chi connectivity index (χ2v) is 12.3. The Morgan fingerprint density at radius 1 is 0.939 bits per heavy atom. The van der Waals surface area contributed by atoms with Crippen LogP contribution in [0.25, 0.3) is 10.4 Å². The van der Waals surface area contributed by atoms with Gasteiger partial charge in [-0.3, -0.25) is 4.90 Å². The number of thiophene rings is 1. The molecule has 12 heteroatoms. The Kier molecular flexibility index (Phi) is 6.58. The lowest BCUT2D eigenvalue weighted by Crippen LogP contribution is -2.48. The van der Waals surface area contributed by atoms with Crippen LogP contribution in [-0.2, 0) is 26.6 Å². The predicted octanol–water partition coefficient (Wildman–Crippen LogP) is 2.29. The summed E-state index contributed by atoms with van der Waals surface area (Å²) >= 11 is 1.51. The lowest BCUT2D eigenvalue weighted by molar-refractivity contribution is 0.183. The second kappa shape index (κ2) is 9.12. The van der Waals surface area contributed by atoms with E-state index in [0.717, 1.165) is 15.8 Å². The highest BCUT2D eigenvalue weighted by Crippen LogP contribution is 2.31. The van der Waals surface area contributed by atoms with Crippen LogP contribution in [0.5, 0.6) is 0 Å². The molecular formula is C21H23FN4O4S3. The van der Waals surface area contributed by atoms with Crippen LogP contribution in [-0.4, -0.2) is 52.2 Å². The van der Waals surface area contributed by atoms with Gasteiger partial charge in [-0.15, -0.1) is 11.3 Å². The van der Waals surface area contributed by atoms with Crippen LogP contribution in [0.4, 0.5) is 10.1 Å². The summed E-state index contributed by atoms with van der Waals surface area (Å²) in [4.78, 5) is 3.45. The summed E-state index contributed by atoms with van der Waals surface area (Å²) in [7, 11) is -8.05. The van der Waals surface area contributed by atoms with Crippen LogP contribution < -0.4 is 10.9 Å². The molecule has 0 aliphatic carbocycles. The van der Waals surface area contributed by atoms with Crippen LogP contribution >= 0.6 is 11.3 Å². The first-order valence-electron chi connectivity index (χ1n) is 10.0. The highest BCUT2D eigenvalue weighted by Gasteiger charge is 2.30. The van der Waals surface area contributed by atoms with Gasteiger partial charge in [0.25, 0.3) is 0 Å². The normalized spacial score (nSPS) is 16.2. The van der Waals surface area contributed by atoms with E-state index in [-0.39, 0.29) is 29.5 Å². The summed E-state index contributed by atoms with van der Waals surface area (Å²) < 4.78 is 64.8. The van der Waals surface area contributed by atoms with Gasteiger partial charge in [0.05, 0.1) is 10.6 Å². The van der Waals surface area contributed by atoms with Gasteiger partial charge >= 0.3 is 0 Å². The summed E-state index contributed by atoms with van der Waals surface area (Å²) in [5.74, 6) is -0.266. The molecule has 1 aliphatic rings. The minimum absolute atomic E-state index is 0.105. The monoisotopic (exact) mass is 510 g/mol. The number of nitrogens with two attached hydrogens (primary N) is 2. The molecule has 0 bridgehead atoms. The molecular weight excluding hydrogens is 487 g/mol. The van der Waals surface area contributed by atoms with Crippen molar-refractivity contribution in [2.75, 3.05) is 31.9 Å². The largest absolute Gasteiger partial charge is 0.398 e. The quantitative estimate of drug-likeness (QED) is 0.490. The van der Waals surface area contributed by atoms with Crippen molar-refractivity contribution in [3.05, 3.63) is 65.3 Å². The fraction of sp³-hybridized carbons (Fsp3) is 0.238. The first kappa shape index (κ1) is 23.8. The van der Waals surface area contributed by atoms with E-state index in [1.807, 2.05) is 12.1 Å². The molecule has 1 fully saturated rings. The molecule has 0 saturated carbocycles. The Balaban J connectivity index is 1.43. The maximum absolute atomic E-state index is 14.0. The average Bonchev–Trinajstić information content (AvgIpc) is 3.22. The maximum Gasteiger partial charge on any atom is 0.243 e. The summed E-state index contributed by atoms with van der Waals surface area (Å²) in [5, 5.41) is 5.14. The first-order chi connectivity index (χ1) is 15.6. The van der Waals surface area contributed by atoms with Gasteiger partial charge in [0.1, 0.15) is 10.7 Å². The van der Waals surface area contributed by atoms with Crippen molar-refractivity contribution in [1.29, 1.82) is 0 Å². The van der Waals surface area contributed by atoms with E-state index in [4.69, 9.17) is 10.9 Å². The predicted molar refractivity (Wildman–Crippen MR) is 126 cm³/mol. The van der Waals surface area contributed by atoms with E-state index >= 15 is 0 Å². The average molecular weight is 511 g/mol. The second-order valence-electron chi connectivity index (χ2n) is 7.67. The number of primary sulfonamides is 1. The highest BCUT2D eigenvalue weighted by atomic mass is 32.2. The zero-order valence-electron chi connectivity index (χ0n) is 17.5. The molecule has 176 valence electrons. The number of nitrogens with zero attached hydrogens (tertiary/aromatic N) is 2. The topological polar surface area (TPSA) is 127 Å². The molecule has 4 rings (SSSR count). The van der Waals surface area contributed by atoms with Gasteiger partial charge in [0, 0.05) is 48.0 Å². The Labute approximate surface area is 196 Å². The molecule has 0 amide bonds. The third-order valence-electron chi connectivity index (χ3n) is 5.44. The Morgan fingerprint density at radius 3 is 2.30 bits per heavy atom. The molecule has 0 unspecified atom stereocenters. The summed E-state index contributed by atoms with van der Waals surface area (Å²) in [5.41, 5.74) is 6.10. The lowest BCUT2D eigenvalue weighted by Gasteiger charge is -2.33. The highest BCUT2D eigenvalue weighted by molar-refractivity contribution is 7.90. The van der Waals surface area contributed by atoms with Crippen molar-refractivity contribution in [2.24, 2.45) is 5.14 Å². The summed E-state index contributed by atoms with van der Waals surface area (Å²) in [6, 6.07) is 14.0. The Morgan fingerprint density at radius 2 is 1.64 bits per heavy atom. The van der Waals surface area contributed by atoms with Gasteiger partial charge < -0.3 is 5.73 Å². The van der Waals surface area contributed by atoms with E-state index in [1.54, 1.807) is 18.2 Å². The molecule has 33 heavy (non-hydrogen) atoms. The van der Waals surface area contributed by atoms with Crippen LogP contribution in [0.2, 0.25) is 0 Å². The maximum atomic E-state index is 14.0. The smallest absolute Gasteiger partial charge is 0.243 e. The van der Waals surface area contributed by atoms with Crippen LogP contribution in [0.1, 0.15) is 4.88 Å². The van der Waals surface area contributed by atoms with Gasteiger partial charge in [-0.2, -0.15) is 4.31 Å². The van der Waals surface area contributed by atoms with E-state index < -0.39 is 24.9 Å². The summed E-state index contributed by atoms with van der Waals surface area (Å²) in [6.07, 6.45) is 0. The molecule has 1 aromatic heterocycles. The molecule has 0 spiro atoms. The molecule has 1 saturated heterocycles. The molecule has 2 heterocycles. The number of hydrogen-bond acceptors (Lipinski definition) is 7. The Bertz CT molecular complexity index is 1380. The van der Waals surface area contributed by atoms with Gasteiger partial charge in [-0.05, 0) is 36.4 Å². The molecule has 4 N–H and O–H groups in total. The van der Waals surface area contributed by atoms with Gasteiger partial charge in [-0.25, -0.2) is 26.4 Å². The van der Waals surface area contributed by atoms with Crippen LogP contribution in [0.3, 0.4) is 0 Å². The molecule has 1 aliphatic heterocycles. The van der Waals surface area contributed by atoms with Crippen LogP contribution in [0.15, 0.2) is 64.4 Å². The number of anilines is 1. The number of hydrogen-bond donors (Lipinski definition) is 2. The number of sulfonamides is 2. The minimum Gasteiger partial charge on any atom is -0.398 e. The fourth-order valence-electron chi connectivity index (χ4n) is 3.69. The number of nitrogen functional groups attached to an aromatic ring is 1. The molecule has 0 atom stereocenters. The summed E-state index contributed by atoms with van der Waals surface area (Å²) in [6.45, 7) is 2.14. The van der Waals surface area contributed by atoms with Gasteiger partial charge in [0.2, 0.25) is 20.0 Å². The van der Waals surface area contributed by atoms with E-state index in [9.17, 15) is 21.2 Å². The first-order valence-corrected chi connectivity index (χ1v) is 13.8. The molecule has 8 nitrogen and oxygen atoms in total. The van der Waals surface area contributed by atoms with Crippen molar-refractivity contribution in [3.63, 3.8) is 0 Å². The molecule has 0 radical (unpaired) electrons. The molecule has 3 aromatic rings. The van der Waals surface area contributed by atoms with Gasteiger partial charge in [0.15, 0.2) is 0 Å². The van der Waals surface area contributed by atoms with Crippen molar-refractivity contribution >= 4 is 37.1 Å². The standard InChI is InChI=1S/C21H23FN4O4S3/c22-18-4-2-1-3-17(18)20-8-5-15(31-20)14-25-9-11-26(12-10-25)33(29,30)16-6-7-19(23)21(13-16)32(24,27)28/h1-8,13H,9-12,14,23H2,(H2,24,27,28). The zero-order chi connectivity index (χ0) is 23.8. The third kappa shape index (κ3) is 5.10. The van der Waals surface area contributed by atoms with Crippen LogP contribution in [0, 0.1) is 5.82 Å². The molecule has 2 aromatic carbocycles.